The summed E-state index contributed by atoms with van der Waals surface area (Å²) in [5.74, 6) is 0. The van der Waals surface area contributed by atoms with Crippen molar-refractivity contribution in [2.45, 2.75) is 116 Å². The molecule has 0 fully saturated rings. The van der Waals surface area contributed by atoms with Gasteiger partial charge in [0, 0.05) is 99.7 Å². The summed E-state index contributed by atoms with van der Waals surface area (Å²) in [7, 11) is 0. The van der Waals surface area contributed by atoms with Crippen LogP contribution in [0.2, 0.25) is 0 Å². The standard InChI is InChI=1S/C80H76Br4N4/c1-9-79(49-53-25-15-13-16-26-53)63-45-59(81)47-65(83)75(63)85(11-3)71(79)35-23-33-69-77(5,6)73-61-31-21-19-29-57(61)41-43-67(73)87(69)51-55-37-39-56(40-38-55)52-88-68-44-42-58-30-20-22-32-62(58)74(68)78(7,8)70(88)34-24-36-72-80(10-2,50-54-27-17-14-18-28-54)64-46-60(82)48-66(84)76(64)86(72)12-4/h13-48H,9-12,49-52H2,1-8H3/q+2. The fourth-order valence-corrected chi connectivity index (χ4v) is 18.7. The van der Waals surface area contributed by atoms with Crippen molar-refractivity contribution in [1.82, 2.24) is 0 Å². The Morgan fingerprint density at radius 1 is 0.420 bits per heavy atom. The van der Waals surface area contributed by atoms with Crippen LogP contribution in [0.3, 0.4) is 0 Å². The van der Waals surface area contributed by atoms with Gasteiger partial charge < -0.3 is 9.80 Å². The predicted molar refractivity (Wildman–Crippen MR) is 386 cm³/mol. The number of nitrogens with zero attached hydrogens (tertiary/aromatic N) is 4. The van der Waals surface area contributed by atoms with Crippen LogP contribution in [0.4, 0.5) is 22.7 Å². The quantitative estimate of drug-likeness (QED) is 0.0894. The number of anilines is 2. The lowest BCUT2D eigenvalue weighted by Crippen LogP contribution is -2.33. The maximum Gasteiger partial charge on any atom is 0.210 e. The predicted octanol–water partition coefficient (Wildman–Crippen LogP) is 21.9. The molecule has 9 aromatic carbocycles. The third-order valence-corrected chi connectivity index (χ3v) is 22.1. The van der Waals surface area contributed by atoms with E-state index in [-0.39, 0.29) is 21.7 Å². The van der Waals surface area contributed by atoms with Crippen LogP contribution < -0.4 is 9.80 Å². The van der Waals surface area contributed by atoms with Gasteiger partial charge in [0.25, 0.3) is 0 Å². The van der Waals surface area contributed by atoms with E-state index in [1.54, 1.807) is 0 Å². The summed E-state index contributed by atoms with van der Waals surface area (Å²) >= 11 is 15.9. The summed E-state index contributed by atoms with van der Waals surface area (Å²) in [5.41, 5.74) is 20.0. The highest BCUT2D eigenvalue weighted by molar-refractivity contribution is 9.11. The lowest BCUT2D eigenvalue weighted by atomic mass is 9.72. The van der Waals surface area contributed by atoms with E-state index in [1.165, 1.54) is 112 Å². The Morgan fingerprint density at radius 2 is 0.795 bits per heavy atom. The molecule has 0 spiro atoms. The van der Waals surface area contributed by atoms with Gasteiger partial charge in [-0.25, -0.2) is 0 Å². The number of likely N-dealkylation sites (N-methyl/N-ethyl adjacent to an activating group) is 2. The molecule has 2 unspecified atom stereocenters. The van der Waals surface area contributed by atoms with Crippen molar-refractivity contribution >= 4 is 119 Å². The van der Waals surface area contributed by atoms with Crippen LogP contribution in [0.25, 0.3) is 21.5 Å². The molecule has 0 aromatic heterocycles. The highest BCUT2D eigenvalue weighted by Crippen LogP contribution is 2.57. The first-order valence-corrected chi connectivity index (χ1v) is 34.6. The SMILES string of the molecule is CCN1C(=CC=CC2=[N+](Cc3ccc(C[N+]4=C(C=CC=C5N(CC)c6c(Br)cc(Br)cc6C5(CC)Cc5ccccc5)C(C)(C)c5c4ccc4ccccc54)cc3)c3ccc4ccccc4c3C2(C)C)C(CC)(Cc2ccccc2)c2cc(Br)cc(Br)c21. The Labute approximate surface area is 555 Å². The third-order valence-electron chi connectivity index (χ3n) is 20.0. The average molecular weight is 1410 g/mol. The smallest absolute Gasteiger partial charge is 0.210 e. The monoisotopic (exact) mass is 1410 g/mol. The molecule has 4 aliphatic rings. The molecule has 0 N–H and O–H groups in total. The summed E-state index contributed by atoms with van der Waals surface area (Å²) in [6, 6.07) is 67.9. The maximum absolute atomic E-state index is 4.04. The number of allylic oxidation sites excluding steroid dienone is 8. The summed E-state index contributed by atoms with van der Waals surface area (Å²) in [5, 5.41) is 5.16. The molecule has 8 heteroatoms. The van der Waals surface area contributed by atoms with Gasteiger partial charge in [0.1, 0.15) is 0 Å². The van der Waals surface area contributed by atoms with E-state index in [1.807, 2.05) is 0 Å². The van der Waals surface area contributed by atoms with Crippen molar-refractivity contribution in [3.8, 4) is 0 Å². The normalized spacial score (nSPS) is 20.0. The van der Waals surface area contributed by atoms with Crippen molar-refractivity contribution in [3.05, 3.63) is 292 Å². The molecular weight excluding hydrogens is 1340 g/mol. The van der Waals surface area contributed by atoms with Gasteiger partial charge in [-0.1, -0.05) is 191 Å². The Balaban J connectivity index is 0.887. The van der Waals surface area contributed by atoms with Crippen LogP contribution in [-0.4, -0.2) is 33.7 Å². The van der Waals surface area contributed by atoms with Gasteiger partial charge in [-0.15, -0.1) is 0 Å². The first-order chi connectivity index (χ1) is 42.6. The molecule has 4 aliphatic heterocycles. The molecule has 4 heterocycles. The molecule has 9 aromatic rings. The molecule has 88 heavy (non-hydrogen) atoms. The number of rotatable bonds is 16. The van der Waals surface area contributed by atoms with E-state index in [4.69, 9.17) is 0 Å². The van der Waals surface area contributed by atoms with Crippen molar-refractivity contribution in [2.24, 2.45) is 0 Å². The van der Waals surface area contributed by atoms with Crippen molar-refractivity contribution in [2.75, 3.05) is 22.9 Å². The van der Waals surface area contributed by atoms with Crippen LogP contribution in [0.5, 0.6) is 0 Å². The van der Waals surface area contributed by atoms with Crippen LogP contribution in [0.1, 0.15) is 113 Å². The Bertz CT molecular complexity index is 4150. The molecule has 0 bridgehead atoms. The molecule has 0 aliphatic carbocycles. The first-order valence-electron chi connectivity index (χ1n) is 31.4. The van der Waals surface area contributed by atoms with Crippen LogP contribution >= 0.6 is 63.7 Å². The number of fused-ring (bicyclic) bond motifs is 8. The van der Waals surface area contributed by atoms with Gasteiger partial charge in [0.2, 0.25) is 11.4 Å². The van der Waals surface area contributed by atoms with Gasteiger partial charge in [-0.2, -0.15) is 9.15 Å². The minimum atomic E-state index is -0.283. The van der Waals surface area contributed by atoms with Gasteiger partial charge >= 0.3 is 0 Å². The van der Waals surface area contributed by atoms with Crippen LogP contribution in [0, 0.1) is 0 Å². The fraction of sp³-hybridized carbons (Fsp3) is 0.250. The van der Waals surface area contributed by atoms with E-state index in [0.29, 0.717) is 0 Å². The second-order valence-corrected chi connectivity index (χ2v) is 29.0. The van der Waals surface area contributed by atoms with Crippen molar-refractivity contribution in [3.63, 3.8) is 0 Å². The average Bonchev–Trinajstić information content (AvgIpc) is 1.73. The molecular formula is C80H76Br4N4+2. The van der Waals surface area contributed by atoms with Crippen molar-refractivity contribution in [1.29, 1.82) is 0 Å². The highest BCUT2D eigenvalue weighted by atomic mass is 79.9. The van der Waals surface area contributed by atoms with E-state index in [2.05, 4.69) is 357 Å². The largest absolute Gasteiger partial charge is 0.343 e. The number of halogens is 4. The zero-order chi connectivity index (χ0) is 61.3. The Kier molecular flexibility index (Phi) is 16.4. The molecule has 4 nitrogen and oxygen atoms in total. The second kappa shape index (κ2) is 23.9. The number of hydrogen-bond donors (Lipinski definition) is 0. The Hall–Kier alpha value is -6.68. The van der Waals surface area contributed by atoms with E-state index < -0.39 is 0 Å². The van der Waals surface area contributed by atoms with Gasteiger partial charge in [-0.05, 0) is 191 Å². The summed E-state index contributed by atoms with van der Waals surface area (Å²) in [6.07, 6.45) is 18.2. The van der Waals surface area contributed by atoms with E-state index in [0.717, 1.165) is 69.8 Å². The Morgan fingerprint density at radius 3 is 1.17 bits per heavy atom. The van der Waals surface area contributed by atoms with Gasteiger partial charge in [0.05, 0.1) is 22.2 Å². The fourth-order valence-electron chi connectivity index (χ4n) is 15.8. The summed E-state index contributed by atoms with van der Waals surface area (Å²) in [4.78, 5) is 5.09. The molecule has 0 saturated carbocycles. The van der Waals surface area contributed by atoms with Crippen molar-refractivity contribution < 1.29 is 9.15 Å². The van der Waals surface area contributed by atoms with Crippen LogP contribution in [-0.2, 0) is 47.6 Å². The summed E-state index contributed by atoms with van der Waals surface area (Å²) in [6.45, 7) is 22.2. The molecule has 0 amide bonds. The first kappa shape index (κ1) is 60.2. The minimum Gasteiger partial charge on any atom is -0.343 e. The van der Waals surface area contributed by atoms with Gasteiger partial charge in [0.15, 0.2) is 24.5 Å². The topological polar surface area (TPSA) is 12.5 Å². The second-order valence-electron chi connectivity index (χ2n) is 25.4. The number of benzene rings is 9. The lowest BCUT2D eigenvalue weighted by molar-refractivity contribution is -0.455. The maximum atomic E-state index is 4.04. The van der Waals surface area contributed by atoms with Gasteiger partial charge in [-0.3, -0.25) is 0 Å². The van der Waals surface area contributed by atoms with E-state index in [9.17, 15) is 0 Å². The third kappa shape index (κ3) is 10.1. The summed E-state index contributed by atoms with van der Waals surface area (Å²) < 4.78 is 9.61. The molecule has 2 atom stereocenters. The number of hydrogen-bond acceptors (Lipinski definition) is 2. The molecule has 442 valence electrons. The van der Waals surface area contributed by atoms with Crippen LogP contribution in [0.15, 0.2) is 248 Å². The highest BCUT2D eigenvalue weighted by Gasteiger charge is 2.50. The lowest BCUT2D eigenvalue weighted by Gasteiger charge is -2.33. The zero-order valence-electron chi connectivity index (χ0n) is 51.7. The molecule has 0 radical (unpaired) electrons. The zero-order valence-corrected chi connectivity index (χ0v) is 58.1. The van der Waals surface area contributed by atoms with E-state index >= 15 is 0 Å². The minimum absolute atomic E-state index is 0.230. The molecule has 0 saturated heterocycles. The molecule has 13 rings (SSSR count).